The van der Waals surface area contributed by atoms with Gasteiger partial charge in [0.1, 0.15) is 19.0 Å². The third kappa shape index (κ3) is 4.93. The van der Waals surface area contributed by atoms with Gasteiger partial charge in [-0.1, -0.05) is 72.8 Å². The van der Waals surface area contributed by atoms with E-state index in [1.54, 1.807) is 12.1 Å². The van der Waals surface area contributed by atoms with Crippen LogP contribution in [0, 0.1) is 0 Å². The van der Waals surface area contributed by atoms with Gasteiger partial charge in [-0.3, -0.25) is 0 Å². The molecule has 3 aromatic carbocycles. The van der Waals surface area contributed by atoms with E-state index in [9.17, 15) is 5.11 Å². The van der Waals surface area contributed by atoms with Crippen molar-refractivity contribution in [2.45, 2.75) is 13.2 Å². The largest absolute Gasteiger partial charge is 0.508 e. The second kappa shape index (κ2) is 8.93. The summed E-state index contributed by atoms with van der Waals surface area (Å²) in [6.45, 7) is 0.839. The summed E-state index contributed by atoms with van der Waals surface area (Å²) in [6.07, 6.45) is 0. The van der Waals surface area contributed by atoms with E-state index in [2.05, 4.69) is 4.98 Å². The second-order valence-corrected chi connectivity index (χ2v) is 6.60. The number of phenolic OH excluding ortho intramolecular Hbond substituents is 1. The molecule has 4 nitrogen and oxygen atoms in total. The number of pyridine rings is 1. The first-order chi connectivity index (χ1) is 14.3. The lowest BCUT2D eigenvalue weighted by Gasteiger charge is -2.13. The molecule has 1 heterocycles. The van der Waals surface area contributed by atoms with Crippen LogP contribution in [0.15, 0.2) is 97.1 Å². The lowest BCUT2D eigenvalue weighted by molar-refractivity contribution is 0.268. The zero-order valence-corrected chi connectivity index (χ0v) is 15.9. The van der Waals surface area contributed by atoms with Crippen molar-refractivity contribution in [2.75, 3.05) is 0 Å². The first-order valence-corrected chi connectivity index (χ1v) is 9.42. The van der Waals surface area contributed by atoms with Crippen molar-refractivity contribution in [1.82, 2.24) is 4.98 Å². The fourth-order valence-corrected chi connectivity index (χ4v) is 2.93. The van der Waals surface area contributed by atoms with E-state index in [1.165, 1.54) is 0 Å². The number of aromatic nitrogens is 1. The Hall–Kier alpha value is -3.79. The molecule has 1 N–H and O–H groups in total. The average molecular weight is 383 g/mol. The minimum absolute atomic E-state index is 0.219. The maximum atomic E-state index is 9.58. The summed E-state index contributed by atoms with van der Waals surface area (Å²) in [5.74, 6) is 1.21. The summed E-state index contributed by atoms with van der Waals surface area (Å²) >= 11 is 0. The van der Waals surface area contributed by atoms with E-state index >= 15 is 0 Å². The topological polar surface area (TPSA) is 51.6 Å². The molecule has 0 aliphatic heterocycles. The number of hydrogen-bond acceptors (Lipinski definition) is 4. The normalized spacial score (nSPS) is 10.5. The Morgan fingerprint density at radius 3 is 1.83 bits per heavy atom. The SMILES string of the molecule is Oc1ccc(-c2ccc(OCc3ccccc3)nc2OCc2ccccc2)cc1. The number of aromatic hydroxyl groups is 1. The zero-order valence-electron chi connectivity index (χ0n) is 15.9. The van der Waals surface area contributed by atoms with E-state index in [0.717, 1.165) is 22.3 Å². The van der Waals surface area contributed by atoms with Gasteiger partial charge in [0.05, 0.1) is 0 Å². The number of nitrogens with zero attached hydrogens (tertiary/aromatic N) is 1. The highest BCUT2D eigenvalue weighted by Crippen LogP contribution is 2.32. The van der Waals surface area contributed by atoms with Gasteiger partial charge in [-0.05, 0) is 34.9 Å². The van der Waals surface area contributed by atoms with Crippen molar-refractivity contribution in [3.05, 3.63) is 108 Å². The van der Waals surface area contributed by atoms with E-state index in [-0.39, 0.29) is 5.75 Å². The van der Waals surface area contributed by atoms with Gasteiger partial charge < -0.3 is 14.6 Å². The quantitative estimate of drug-likeness (QED) is 0.450. The van der Waals surface area contributed by atoms with Crippen LogP contribution in [0.1, 0.15) is 11.1 Å². The standard InChI is InChI=1S/C25H21NO3/c27-22-13-11-21(12-14-22)23-15-16-24(28-17-19-7-3-1-4-8-19)26-25(23)29-18-20-9-5-2-6-10-20/h1-16,27H,17-18H2. The van der Waals surface area contributed by atoms with E-state index in [0.29, 0.717) is 25.0 Å². The summed E-state index contributed by atoms with van der Waals surface area (Å²) < 4.78 is 11.9. The number of rotatable bonds is 7. The molecule has 144 valence electrons. The minimum atomic E-state index is 0.219. The van der Waals surface area contributed by atoms with Gasteiger partial charge in [0, 0.05) is 11.6 Å². The number of hydrogen-bond donors (Lipinski definition) is 1. The van der Waals surface area contributed by atoms with Crippen molar-refractivity contribution < 1.29 is 14.6 Å². The molecule has 0 unspecified atom stereocenters. The van der Waals surface area contributed by atoms with Gasteiger partial charge in [0.15, 0.2) is 0 Å². The average Bonchev–Trinajstić information content (AvgIpc) is 2.78. The molecular formula is C25H21NO3. The number of benzene rings is 3. The van der Waals surface area contributed by atoms with Gasteiger partial charge in [0.25, 0.3) is 0 Å². The fraction of sp³-hybridized carbons (Fsp3) is 0.0800. The summed E-state index contributed by atoms with van der Waals surface area (Å²) in [7, 11) is 0. The molecule has 0 amide bonds. The molecule has 4 heteroatoms. The molecule has 0 saturated heterocycles. The van der Waals surface area contributed by atoms with Gasteiger partial charge in [-0.25, -0.2) is 0 Å². The Kier molecular flexibility index (Phi) is 5.72. The highest BCUT2D eigenvalue weighted by molar-refractivity contribution is 5.69. The van der Waals surface area contributed by atoms with Crippen molar-refractivity contribution in [3.63, 3.8) is 0 Å². The van der Waals surface area contributed by atoms with Gasteiger partial charge in [-0.2, -0.15) is 4.98 Å². The highest BCUT2D eigenvalue weighted by Gasteiger charge is 2.11. The third-order valence-electron chi connectivity index (χ3n) is 4.46. The molecule has 0 aliphatic carbocycles. The van der Waals surface area contributed by atoms with Gasteiger partial charge >= 0.3 is 0 Å². The molecular weight excluding hydrogens is 362 g/mol. The van der Waals surface area contributed by atoms with E-state index in [4.69, 9.17) is 9.47 Å². The summed E-state index contributed by atoms with van der Waals surface area (Å²) in [5, 5.41) is 9.58. The highest BCUT2D eigenvalue weighted by atomic mass is 16.5. The maximum Gasteiger partial charge on any atom is 0.225 e. The predicted molar refractivity (Wildman–Crippen MR) is 113 cm³/mol. The smallest absolute Gasteiger partial charge is 0.225 e. The first kappa shape index (κ1) is 18.6. The lowest BCUT2D eigenvalue weighted by Crippen LogP contribution is -2.02. The molecule has 4 aromatic rings. The molecule has 0 fully saturated rings. The Bertz CT molecular complexity index is 1050. The molecule has 0 saturated carbocycles. The second-order valence-electron chi connectivity index (χ2n) is 6.60. The number of phenols is 1. The summed E-state index contributed by atoms with van der Waals surface area (Å²) in [5.41, 5.74) is 3.88. The Labute approximate surface area is 170 Å². The van der Waals surface area contributed by atoms with E-state index in [1.807, 2.05) is 84.9 Å². The maximum absolute atomic E-state index is 9.58. The van der Waals surface area contributed by atoms with Crippen LogP contribution in [-0.2, 0) is 13.2 Å². The minimum Gasteiger partial charge on any atom is -0.508 e. The van der Waals surface area contributed by atoms with Crippen LogP contribution >= 0.6 is 0 Å². The monoisotopic (exact) mass is 383 g/mol. The van der Waals surface area contributed by atoms with Crippen LogP contribution in [-0.4, -0.2) is 10.1 Å². The summed E-state index contributed by atoms with van der Waals surface area (Å²) in [6, 6.07) is 30.7. The van der Waals surface area contributed by atoms with Crippen molar-refractivity contribution in [2.24, 2.45) is 0 Å². The molecule has 0 aliphatic rings. The molecule has 1 aromatic heterocycles. The van der Waals surface area contributed by atoms with Crippen molar-refractivity contribution in [1.29, 1.82) is 0 Å². The van der Waals surface area contributed by atoms with Gasteiger partial charge in [0.2, 0.25) is 11.8 Å². The zero-order chi connectivity index (χ0) is 19.9. The fourth-order valence-electron chi connectivity index (χ4n) is 2.93. The Morgan fingerprint density at radius 1 is 0.621 bits per heavy atom. The Morgan fingerprint density at radius 2 is 1.21 bits per heavy atom. The Balaban J connectivity index is 1.58. The van der Waals surface area contributed by atoms with Crippen molar-refractivity contribution in [3.8, 4) is 28.6 Å². The molecule has 0 atom stereocenters. The summed E-state index contributed by atoms with van der Waals surface area (Å²) in [4.78, 5) is 4.59. The van der Waals surface area contributed by atoms with Crippen LogP contribution in [0.25, 0.3) is 11.1 Å². The predicted octanol–water partition coefficient (Wildman–Crippen LogP) is 5.61. The first-order valence-electron chi connectivity index (χ1n) is 9.42. The molecule has 0 spiro atoms. The van der Waals surface area contributed by atoms with Gasteiger partial charge in [-0.15, -0.1) is 0 Å². The molecule has 4 rings (SSSR count). The third-order valence-corrected chi connectivity index (χ3v) is 4.46. The lowest BCUT2D eigenvalue weighted by atomic mass is 10.1. The van der Waals surface area contributed by atoms with Crippen molar-refractivity contribution >= 4 is 0 Å². The van der Waals surface area contributed by atoms with Crippen LogP contribution in [0.5, 0.6) is 17.5 Å². The van der Waals surface area contributed by atoms with Crippen LogP contribution in [0.3, 0.4) is 0 Å². The molecule has 0 radical (unpaired) electrons. The van der Waals surface area contributed by atoms with E-state index < -0.39 is 0 Å². The molecule has 0 bridgehead atoms. The van der Waals surface area contributed by atoms with Crippen LogP contribution in [0.4, 0.5) is 0 Å². The molecule has 29 heavy (non-hydrogen) atoms. The number of ether oxygens (including phenoxy) is 2. The van der Waals surface area contributed by atoms with Crippen LogP contribution in [0.2, 0.25) is 0 Å². The van der Waals surface area contributed by atoms with Crippen LogP contribution < -0.4 is 9.47 Å².